The van der Waals surface area contributed by atoms with E-state index in [9.17, 15) is 0 Å². The van der Waals surface area contributed by atoms with E-state index < -0.39 is 0 Å². The number of halogens is 1. The Balaban J connectivity index is 2.03. The number of nitrogens with zero attached hydrogens (tertiary/aromatic N) is 2. The predicted octanol–water partition coefficient (Wildman–Crippen LogP) is 3.93. The summed E-state index contributed by atoms with van der Waals surface area (Å²) in [5.41, 5.74) is 2.08. The van der Waals surface area contributed by atoms with E-state index in [4.69, 9.17) is 4.42 Å². The van der Waals surface area contributed by atoms with Gasteiger partial charge in [-0.3, -0.25) is 0 Å². The molecule has 0 saturated carbocycles. The molecule has 3 aromatic rings. The second-order valence-electron chi connectivity index (χ2n) is 4.64. The molecule has 4 nitrogen and oxygen atoms in total. The third-order valence-corrected chi connectivity index (χ3v) is 3.68. The minimum atomic E-state index is -0.0380. The van der Waals surface area contributed by atoms with Gasteiger partial charge in [0.15, 0.2) is 4.67 Å². The molecule has 1 unspecified atom stereocenters. The summed E-state index contributed by atoms with van der Waals surface area (Å²) in [5.74, 6) is 0.862. The van der Waals surface area contributed by atoms with Crippen LogP contribution in [-0.2, 0) is 0 Å². The van der Waals surface area contributed by atoms with E-state index >= 15 is 0 Å². The van der Waals surface area contributed by atoms with Crippen LogP contribution in [0.5, 0.6) is 0 Å². The fourth-order valence-corrected chi connectivity index (χ4v) is 2.67. The topological polar surface area (TPSA) is 43.0 Å². The summed E-state index contributed by atoms with van der Waals surface area (Å²) in [7, 11) is 0. The van der Waals surface area contributed by atoms with E-state index in [0.29, 0.717) is 0 Å². The maximum atomic E-state index is 5.73. The number of furan rings is 1. The van der Waals surface area contributed by atoms with E-state index in [-0.39, 0.29) is 6.04 Å². The SMILES string of the molecule is CCNC(c1ccc(Br)o1)c1ccnn1-c1ccccc1. The van der Waals surface area contributed by atoms with Crippen LogP contribution in [0.15, 0.2) is 63.8 Å². The van der Waals surface area contributed by atoms with Crippen LogP contribution in [0.2, 0.25) is 0 Å². The van der Waals surface area contributed by atoms with Crippen LogP contribution in [-0.4, -0.2) is 16.3 Å². The normalized spacial score (nSPS) is 12.5. The van der Waals surface area contributed by atoms with Crippen molar-refractivity contribution in [3.05, 3.63) is 70.9 Å². The highest BCUT2D eigenvalue weighted by Crippen LogP contribution is 2.27. The number of para-hydroxylation sites is 1. The Morgan fingerprint density at radius 1 is 1.19 bits per heavy atom. The van der Waals surface area contributed by atoms with Crippen molar-refractivity contribution in [2.45, 2.75) is 13.0 Å². The van der Waals surface area contributed by atoms with E-state index in [1.165, 1.54) is 0 Å². The molecule has 5 heteroatoms. The molecule has 0 aliphatic rings. The van der Waals surface area contributed by atoms with Crippen molar-refractivity contribution in [1.82, 2.24) is 15.1 Å². The lowest BCUT2D eigenvalue weighted by Crippen LogP contribution is -2.24. The lowest BCUT2D eigenvalue weighted by atomic mass is 10.1. The number of hydrogen-bond acceptors (Lipinski definition) is 3. The van der Waals surface area contributed by atoms with Gasteiger partial charge >= 0.3 is 0 Å². The summed E-state index contributed by atoms with van der Waals surface area (Å²) >= 11 is 3.36. The van der Waals surface area contributed by atoms with Crippen LogP contribution in [0, 0.1) is 0 Å². The van der Waals surface area contributed by atoms with Crippen molar-refractivity contribution in [2.75, 3.05) is 6.54 Å². The Morgan fingerprint density at radius 2 is 2.00 bits per heavy atom. The van der Waals surface area contributed by atoms with Crippen LogP contribution < -0.4 is 5.32 Å². The zero-order valence-corrected chi connectivity index (χ0v) is 13.2. The molecule has 21 heavy (non-hydrogen) atoms. The first kappa shape index (κ1) is 14.1. The minimum Gasteiger partial charge on any atom is -0.452 e. The molecular weight excluding hydrogens is 330 g/mol. The minimum absolute atomic E-state index is 0.0380. The van der Waals surface area contributed by atoms with Crippen LogP contribution in [0.3, 0.4) is 0 Å². The second-order valence-corrected chi connectivity index (χ2v) is 5.42. The van der Waals surface area contributed by atoms with E-state index in [2.05, 4.69) is 33.3 Å². The van der Waals surface area contributed by atoms with Crippen molar-refractivity contribution in [3.63, 3.8) is 0 Å². The van der Waals surface area contributed by atoms with Crippen molar-refractivity contribution >= 4 is 15.9 Å². The molecule has 0 amide bonds. The first-order valence-corrected chi connectivity index (χ1v) is 7.67. The van der Waals surface area contributed by atoms with Gasteiger partial charge in [-0.1, -0.05) is 25.1 Å². The molecule has 1 aromatic carbocycles. The molecule has 0 aliphatic heterocycles. The highest BCUT2D eigenvalue weighted by molar-refractivity contribution is 9.10. The van der Waals surface area contributed by atoms with Crippen molar-refractivity contribution in [3.8, 4) is 5.69 Å². The number of rotatable bonds is 5. The average molecular weight is 346 g/mol. The molecule has 0 spiro atoms. The molecule has 2 heterocycles. The highest BCUT2D eigenvalue weighted by Gasteiger charge is 2.21. The molecule has 2 aromatic heterocycles. The van der Waals surface area contributed by atoms with Gasteiger partial charge in [0.05, 0.1) is 11.4 Å². The van der Waals surface area contributed by atoms with Gasteiger partial charge in [-0.25, -0.2) is 4.68 Å². The summed E-state index contributed by atoms with van der Waals surface area (Å²) < 4.78 is 8.39. The van der Waals surface area contributed by atoms with Crippen LogP contribution in [0.1, 0.15) is 24.4 Å². The summed E-state index contributed by atoms with van der Waals surface area (Å²) in [5, 5.41) is 7.89. The number of hydrogen-bond donors (Lipinski definition) is 1. The van der Waals surface area contributed by atoms with Crippen molar-refractivity contribution in [2.24, 2.45) is 0 Å². The van der Waals surface area contributed by atoms with E-state index in [1.807, 2.05) is 59.4 Å². The summed E-state index contributed by atoms with van der Waals surface area (Å²) in [4.78, 5) is 0. The fourth-order valence-electron chi connectivity index (χ4n) is 2.36. The van der Waals surface area contributed by atoms with E-state index in [0.717, 1.165) is 28.4 Å². The quantitative estimate of drug-likeness (QED) is 0.761. The first-order valence-electron chi connectivity index (χ1n) is 6.87. The number of nitrogens with one attached hydrogen (secondary N) is 1. The fraction of sp³-hybridized carbons (Fsp3) is 0.188. The van der Waals surface area contributed by atoms with Gasteiger partial charge < -0.3 is 9.73 Å². The molecule has 3 rings (SSSR count). The smallest absolute Gasteiger partial charge is 0.169 e. The lowest BCUT2D eigenvalue weighted by molar-refractivity contribution is 0.429. The summed E-state index contributed by atoms with van der Waals surface area (Å²) in [6, 6.07) is 15.9. The van der Waals surface area contributed by atoms with Gasteiger partial charge in [-0.15, -0.1) is 0 Å². The van der Waals surface area contributed by atoms with Gasteiger partial charge in [0.1, 0.15) is 11.8 Å². The molecule has 0 radical (unpaired) electrons. The van der Waals surface area contributed by atoms with Gasteiger partial charge in [0.25, 0.3) is 0 Å². The lowest BCUT2D eigenvalue weighted by Gasteiger charge is -2.17. The molecule has 0 bridgehead atoms. The molecular formula is C16H16BrN3O. The van der Waals surface area contributed by atoms with Gasteiger partial charge in [-0.05, 0) is 52.8 Å². The molecule has 1 atom stereocenters. The van der Waals surface area contributed by atoms with Crippen LogP contribution >= 0.6 is 15.9 Å². The van der Waals surface area contributed by atoms with Crippen LogP contribution in [0.25, 0.3) is 5.69 Å². The molecule has 0 fully saturated rings. The molecule has 108 valence electrons. The molecule has 1 N–H and O–H groups in total. The number of aromatic nitrogens is 2. The van der Waals surface area contributed by atoms with Crippen molar-refractivity contribution < 1.29 is 4.42 Å². The molecule has 0 aliphatic carbocycles. The van der Waals surface area contributed by atoms with Crippen molar-refractivity contribution in [1.29, 1.82) is 0 Å². The Kier molecular flexibility index (Phi) is 4.22. The maximum Gasteiger partial charge on any atom is 0.169 e. The van der Waals surface area contributed by atoms with Crippen LogP contribution in [0.4, 0.5) is 0 Å². The third-order valence-electron chi connectivity index (χ3n) is 3.26. The van der Waals surface area contributed by atoms with Gasteiger partial charge in [0.2, 0.25) is 0 Å². The maximum absolute atomic E-state index is 5.73. The van der Waals surface area contributed by atoms with E-state index in [1.54, 1.807) is 0 Å². The average Bonchev–Trinajstić information content (AvgIpc) is 3.15. The first-order chi connectivity index (χ1) is 10.3. The Labute approximate surface area is 131 Å². The zero-order chi connectivity index (χ0) is 14.7. The summed E-state index contributed by atoms with van der Waals surface area (Å²) in [6.45, 7) is 2.91. The largest absolute Gasteiger partial charge is 0.452 e. The Bertz CT molecular complexity index is 705. The highest BCUT2D eigenvalue weighted by atomic mass is 79.9. The number of benzene rings is 1. The summed E-state index contributed by atoms with van der Waals surface area (Å²) in [6.07, 6.45) is 1.81. The predicted molar refractivity (Wildman–Crippen MR) is 85.5 cm³/mol. The second kappa shape index (κ2) is 6.28. The third kappa shape index (κ3) is 2.94. The Hall–Kier alpha value is -1.85. The van der Waals surface area contributed by atoms with Gasteiger partial charge in [0, 0.05) is 6.20 Å². The standard InChI is InChI=1S/C16H16BrN3O/c1-2-18-16(14-8-9-15(17)21-14)13-10-11-19-20(13)12-6-4-3-5-7-12/h3-11,16,18H,2H2,1H3. The Morgan fingerprint density at radius 3 is 2.67 bits per heavy atom. The molecule has 0 saturated heterocycles. The monoisotopic (exact) mass is 345 g/mol. The van der Waals surface area contributed by atoms with Gasteiger partial charge in [-0.2, -0.15) is 5.10 Å². The zero-order valence-electron chi connectivity index (χ0n) is 11.7.